The minimum absolute atomic E-state index is 0.319. The van der Waals surface area contributed by atoms with E-state index >= 15 is 0 Å². The monoisotopic (exact) mass is 362 g/mol. The molecule has 0 aliphatic heterocycles. The van der Waals surface area contributed by atoms with Crippen molar-refractivity contribution in [2.24, 2.45) is 0 Å². The number of fused-ring (bicyclic) bond motifs is 1. The standard InChI is InChI=1S/C17H15FN2O4S/c1-22-12-6-9(7-13(23-2)15(12)24-3)16(21)20-17-19-11-5-4-10(18)8-14(11)25-17/h4-8H,1-3H3,(H,19,20,21). The molecule has 25 heavy (non-hydrogen) atoms. The van der Waals surface area contributed by atoms with Crippen molar-refractivity contribution in [1.29, 1.82) is 0 Å². The second kappa shape index (κ2) is 6.94. The van der Waals surface area contributed by atoms with E-state index in [1.54, 1.807) is 18.2 Å². The number of ether oxygens (including phenoxy) is 3. The van der Waals surface area contributed by atoms with Gasteiger partial charge in [-0.25, -0.2) is 9.37 Å². The lowest BCUT2D eigenvalue weighted by Gasteiger charge is -2.13. The molecule has 0 spiro atoms. The normalized spacial score (nSPS) is 10.6. The zero-order valence-corrected chi connectivity index (χ0v) is 14.6. The number of anilines is 1. The predicted octanol–water partition coefficient (Wildman–Crippen LogP) is 3.71. The largest absolute Gasteiger partial charge is 0.493 e. The highest BCUT2D eigenvalue weighted by Crippen LogP contribution is 2.38. The Morgan fingerprint density at radius 1 is 1.08 bits per heavy atom. The highest BCUT2D eigenvalue weighted by atomic mass is 32.1. The summed E-state index contributed by atoms with van der Waals surface area (Å²) in [7, 11) is 4.43. The van der Waals surface area contributed by atoms with E-state index in [4.69, 9.17) is 14.2 Å². The molecule has 0 radical (unpaired) electrons. The first-order chi connectivity index (χ1) is 12.0. The lowest BCUT2D eigenvalue weighted by atomic mass is 10.1. The van der Waals surface area contributed by atoms with E-state index in [0.717, 1.165) is 0 Å². The Morgan fingerprint density at radius 3 is 2.36 bits per heavy atom. The molecule has 3 aromatic rings. The van der Waals surface area contributed by atoms with Crippen LogP contribution in [0.3, 0.4) is 0 Å². The number of hydrogen-bond donors (Lipinski definition) is 1. The van der Waals surface area contributed by atoms with Crippen molar-refractivity contribution in [3.63, 3.8) is 0 Å². The lowest BCUT2D eigenvalue weighted by molar-refractivity contribution is 0.102. The van der Waals surface area contributed by atoms with Crippen molar-refractivity contribution in [2.45, 2.75) is 0 Å². The van der Waals surface area contributed by atoms with Crippen LogP contribution in [0.1, 0.15) is 10.4 Å². The van der Waals surface area contributed by atoms with Crippen LogP contribution >= 0.6 is 11.3 Å². The van der Waals surface area contributed by atoms with Crippen LogP contribution in [-0.2, 0) is 0 Å². The van der Waals surface area contributed by atoms with E-state index in [9.17, 15) is 9.18 Å². The molecule has 0 bridgehead atoms. The molecule has 0 saturated heterocycles. The van der Waals surface area contributed by atoms with E-state index in [1.165, 1.54) is 44.8 Å². The Labute approximate surface area is 147 Å². The molecule has 3 rings (SSSR count). The third-order valence-corrected chi connectivity index (χ3v) is 4.43. The van der Waals surface area contributed by atoms with Gasteiger partial charge in [0.05, 0.1) is 31.5 Å². The molecular weight excluding hydrogens is 347 g/mol. The van der Waals surface area contributed by atoms with Crippen molar-refractivity contribution < 1.29 is 23.4 Å². The minimum atomic E-state index is -0.390. The molecule has 0 saturated carbocycles. The molecule has 1 N–H and O–H groups in total. The van der Waals surface area contributed by atoms with Crippen LogP contribution in [0.25, 0.3) is 10.2 Å². The van der Waals surface area contributed by atoms with Gasteiger partial charge in [-0.3, -0.25) is 10.1 Å². The number of hydrogen-bond acceptors (Lipinski definition) is 6. The molecule has 1 aromatic heterocycles. The smallest absolute Gasteiger partial charge is 0.257 e. The molecule has 0 atom stereocenters. The van der Waals surface area contributed by atoms with Gasteiger partial charge in [0.15, 0.2) is 16.6 Å². The lowest BCUT2D eigenvalue weighted by Crippen LogP contribution is -2.12. The Bertz CT molecular complexity index is 917. The summed E-state index contributed by atoms with van der Waals surface area (Å²) in [4.78, 5) is 16.8. The Hall–Kier alpha value is -2.87. The van der Waals surface area contributed by atoms with Gasteiger partial charge in [-0.1, -0.05) is 11.3 Å². The molecule has 0 fully saturated rings. The highest BCUT2D eigenvalue weighted by molar-refractivity contribution is 7.22. The molecule has 130 valence electrons. The van der Waals surface area contributed by atoms with Gasteiger partial charge in [0.25, 0.3) is 5.91 Å². The summed E-state index contributed by atoms with van der Waals surface area (Å²) in [5.74, 6) is 0.409. The van der Waals surface area contributed by atoms with Gasteiger partial charge < -0.3 is 14.2 Å². The van der Waals surface area contributed by atoms with Crippen LogP contribution in [0.4, 0.5) is 9.52 Å². The maximum absolute atomic E-state index is 13.3. The summed E-state index contributed by atoms with van der Waals surface area (Å²) >= 11 is 1.19. The van der Waals surface area contributed by atoms with Gasteiger partial charge in [0.1, 0.15) is 5.82 Å². The van der Waals surface area contributed by atoms with Crippen LogP contribution < -0.4 is 19.5 Å². The van der Waals surface area contributed by atoms with Crippen LogP contribution in [0.15, 0.2) is 30.3 Å². The van der Waals surface area contributed by atoms with Gasteiger partial charge in [0.2, 0.25) is 5.75 Å². The number of nitrogens with one attached hydrogen (secondary N) is 1. The number of rotatable bonds is 5. The second-order valence-electron chi connectivity index (χ2n) is 5.00. The molecule has 6 nitrogen and oxygen atoms in total. The summed E-state index contributed by atoms with van der Waals surface area (Å²) in [6.45, 7) is 0. The Balaban J connectivity index is 1.91. The molecule has 0 aliphatic carbocycles. The van der Waals surface area contributed by atoms with Crippen molar-refractivity contribution in [2.75, 3.05) is 26.6 Å². The first-order valence-corrected chi connectivity index (χ1v) is 8.04. The van der Waals surface area contributed by atoms with Crippen LogP contribution in [-0.4, -0.2) is 32.2 Å². The summed E-state index contributed by atoms with van der Waals surface area (Å²) < 4.78 is 29.6. The molecule has 0 unspecified atom stereocenters. The number of carbonyl (C=O) groups is 1. The highest BCUT2D eigenvalue weighted by Gasteiger charge is 2.18. The summed E-state index contributed by atoms with van der Waals surface area (Å²) in [5.41, 5.74) is 0.937. The fraction of sp³-hybridized carbons (Fsp3) is 0.176. The maximum Gasteiger partial charge on any atom is 0.257 e. The average Bonchev–Trinajstić information content (AvgIpc) is 3.01. The van der Waals surface area contributed by atoms with Crippen LogP contribution in [0.5, 0.6) is 17.2 Å². The van der Waals surface area contributed by atoms with Gasteiger partial charge >= 0.3 is 0 Å². The molecule has 2 aromatic carbocycles. The predicted molar refractivity (Wildman–Crippen MR) is 93.6 cm³/mol. The Morgan fingerprint density at radius 2 is 1.76 bits per heavy atom. The first-order valence-electron chi connectivity index (χ1n) is 7.23. The summed E-state index contributed by atoms with van der Waals surface area (Å²) in [6.07, 6.45) is 0. The van der Waals surface area contributed by atoms with Crippen LogP contribution in [0, 0.1) is 5.82 Å². The summed E-state index contributed by atoms with van der Waals surface area (Å²) in [5, 5.41) is 3.08. The number of thiazole rings is 1. The average molecular weight is 362 g/mol. The number of methoxy groups -OCH3 is 3. The Kier molecular flexibility index (Phi) is 4.71. The SMILES string of the molecule is COc1cc(C(=O)Nc2nc3ccc(F)cc3s2)cc(OC)c1OC. The fourth-order valence-electron chi connectivity index (χ4n) is 2.33. The van der Waals surface area contributed by atoms with E-state index < -0.39 is 5.91 Å². The van der Waals surface area contributed by atoms with Gasteiger partial charge in [-0.15, -0.1) is 0 Å². The van der Waals surface area contributed by atoms with Gasteiger partial charge in [0, 0.05) is 5.56 Å². The zero-order chi connectivity index (χ0) is 18.0. The zero-order valence-electron chi connectivity index (χ0n) is 13.8. The van der Waals surface area contributed by atoms with Crippen molar-refractivity contribution in [3.8, 4) is 17.2 Å². The van der Waals surface area contributed by atoms with Crippen LogP contribution in [0.2, 0.25) is 0 Å². The molecular formula is C17H15FN2O4S. The fourth-order valence-corrected chi connectivity index (χ4v) is 3.22. The van der Waals surface area contributed by atoms with Gasteiger partial charge in [-0.2, -0.15) is 0 Å². The summed E-state index contributed by atoms with van der Waals surface area (Å²) in [6, 6.07) is 7.36. The molecule has 1 heterocycles. The first kappa shape index (κ1) is 17.0. The number of aromatic nitrogens is 1. The van der Waals surface area contributed by atoms with E-state index in [0.29, 0.717) is 38.2 Å². The van der Waals surface area contributed by atoms with Crippen molar-refractivity contribution in [3.05, 3.63) is 41.7 Å². The van der Waals surface area contributed by atoms with Gasteiger partial charge in [-0.05, 0) is 30.3 Å². The van der Waals surface area contributed by atoms with Crippen molar-refractivity contribution in [1.82, 2.24) is 4.98 Å². The third-order valence-electron chi connectivity index (χ3n) is 3.50. The van der Waals surface area contributed by atoms with Crippen molar-refractivity contribution >= 4 is 32.6 Å². The number of nitrogens with zero attached hydrogens (tertiary/aromatic N) is 1. The van der Waals surface area contributed by atoms with E-state index in [1.807, 2.05) is 0 Å². The molecule has 0 aliphatic rings. The third kappa shape index (κ3) is 3.34. The minimum Gasteiger partial charge on any atom is -0.493 e. The molecule has 1 amide bonds. The topological polar surface area (TPSA) is 69.7 Å². The maximum atomic E-state index is 13.3. The second-order valence-corrected chi connectivity index (χ2v) is 6.03. The number of benzene rings is 2. The number of amides is 1. The number of halogens is 1. The molecule has 8 heteroatoms. The van der Waals surface area contributed by atoms with E-state index in [-0.39, 0.29) is 5.82 Å². The number of carbonyl (C=O) groups excluding carboxylic acids is 1. The quantitative estimate of drug-likeness (QED) is 0.749. The van der Waals surface area contributed by atoms with E-state index in [2.05, 4.69) is 10.3 Å².